The maximum Gasteiger partial charge on any atom is 0.271 e. The number of nitriles is 1. The Morgan fingerprint density at radius 2 is 1.86 bits per heavy atom. The minimum Gasteiger partial charge on any atom is -0.494 e. The third-order valence-corrected chi connectivity index (χ3v) is 5.30. The summed E-state index contributed by atoms with van der Waals surface area (Å²) in [6.07, 6.45) is 0. The van der Waals surface area contributed by atoms with Crippen molar-refractivity contribution in [3.63, 3.8) is 0 Å². The van der Waals surface area contributed by atoms with E-state index in [1.807, 2.05) is 32.0 Å². The molecule has 2 heterocycles. The number of hydrogen-bond acceptors (Lipinski definition) is 6. The fourth-order valence-corrected chi connectivity index (χ4v) is 3.42. The number of nitrogens with zero attached hydrogens (tertiary/aromatic N) is 2. The fraction of sp³-hybridized carbons (Fsp3) is 0.318. The van der Waals surface area contributed by atoms with Gasteiger partial charge < -0.3 is 14.3 Å². The van der Waals surface area contributed by atoms with E-state index in [1.54, 1.807) is 6.92 Å². The number of hydrogen-bond donors (Lipinski definition) is 1. The smallest absolute Gasteiger partial charge is 0.271 e. The molecule has 0 bridgehead atoms. The van der Waals surface area contributed by atoms with Crippen molar-refractivity contribution in [2.75, 3.05) is 13.7 Å². The molecule has 0 aliphatic carbocycles. The van der Waals surface area contributed by atoms with Crippen molar-refractivity contribution in [3.8, 4) is 11.9 Å². The van der Waals surface area contributed by atoms with Crippen molar-refractivity contribution in [2.24, 2.45) is 0 Å². The summed E-state index contributed by atoms with van der Waals surface area (Å²) in [6.45, 7) is 7.32. The standard InChI is InChI=1S/C22H22N2O5/c1-11-8-15-14(4)20(29-17(15)9-12(11)2)19(25)18-13(3)16(10-23)21(26)24(22(18)27)6-7-28-5/h8-9,27H,6-7H2,1-5H3. The van der Waals surface area contributed by atoms with Crippen LogP contribution in [-0.4, -0.2) is 29.2 Å². The molecule has 0 spiro atoms. The molecular formula is C22H22N2O5. The lowest BCUT2D eigenvalue weighted by Crippen LogP contribution is -2.28. The van der Waals surface area contributed by atoms with Crippen LogP contribution in [-0.2, 0) is 11.3 Å². The summed E-state index contributed by atoms with van der Waals surface area (Å²) < 4.78 is 11.8. The van der Waals surface area contributed by atoms with Crippen LogP contribution in [0.1, 0.15) is 43.9 Å². The molecule has 0 radical (unpaired) electrons. The first-order valence-corrected chi connectivity index (χ1v) is 9.13. The van der Waals surface area contributed by atoms with Crippen molar-refractivity contribution in [1.82, 2.24) is 4.57 Å². The van der Waals surface area contributed by atoms with Crippen LogP contribution < -0.4 is 5.56 Å². The summed E-state index contributed by atoms with van der Waals surface area (Å²) in [5.74, 6) is -1.00. The lowest BCUT2D eigenvalue weighted by Gasteiger charge is -2.14. The van der Waals surface area contributed by atoms with Crippen molar-refractivity contribution >= 4 is 16.8 Å². The number of benzene rings is 1. The van der Waals surface area contributed by atoms with Gasteiger partial charge in [-0.2, -0.15) is 5.26 Å². The Kier molecular flexibility index (Phi) is 5.31. The normalized spacial score (nSPS) is 11.0. The van der Waals surface area contributed by atoms with Gasteiger partial charge in [0.05, 0.1) is 18.7 Å². The maximum absolute atomic E-state index is 13.3. The van der Waals surface area contributed by atoms with Gasteiger partial charge in [0.25, 0.3) is 5.56 Å². The van der Waals surface area contributed by atoms with E-state index in [2.05, 4.69) is 0 Å². The third kappa shape index (κ3) is 3.22. The predicted octanol–water partition coefficient (Wildman–Crippen LogP) is 3.28. The van der Waals surface area contributed by atoms with Crippen molar-refractivity contribution in [3.05, 3.63) is 61.6 Å². The highest BCUT2D eigenvalue weighted by Gasteiger charge is 2.28. The highest BCUT2D eigenvalue weighted by atomic mass is 16.5. The Balaban J connectivity index is 2.27. The minimum absolute atomic E-state index is 0.00785. The van der Waals surface area contributed by atoms with Gasteiger partial charge >= 0.3 is 0 Å². The van der Waals surface area contributed by atoms with Crippen LogP contribution in [0.5, 0.6) is 5.88 Å². The molecule has 0 unspecified atom stereocenters. The van der Waals surface area contributed by atoms with Gasteiger partial charge in [-0.15, -0.1) is 0 Å². The second-order valence-corrected chi connectivity index (χ2v) is 7.08. The number of rotatable bonds is 5. The first kappa shape index (κ1) is 20.4. The van der Waals surface area contributed by atoms with E-state index in [-0.39, 0.29) is 35.6 Å². The van der Waals surface area contributed by atoms with Crippen molar-refractivity contribution in [1.29, 1.82) is 5.26 Å². The van der Waals surface area contributed by atoms with Crippen LogP contribution in [0.4, 0.5) is 0 Å². The zero-order chi connectivity index (χ0) is 21.5. The molecule has 3 aromatic rings. The van der Waals surface area contributed by atoms with E-state index in [0.29, 0.717) is 11.1 Å². The number of pyridine rings is 1. The van der Waals surface area contributed by atoms with Gasteiger partial charge in [0.1, 0.15) is 17.2 Å². The van der Waals surface area contributed by atoms with Gasteiger partial charge in [0.2, 0.25) is 11.7 Å². The van der Waals surface area contributed by atoms with E-state index >= 15 is 0 Å². The molecule has 0 aliphatic rings. The average molecular weight is 394 g/mol. The number of aromatic hydroxyl groups is 1. The van der Waals surface area contributed by atoms with Crippen LogP contribution in [0.3, 0.4) is 0 Å². The molecule has 0 amide bonds. The monoisotopic (exact) mass is 394 g/mol. The number of methoxy groups -OCH3 is 1. The average Bonchev–Trinajstić information content (AvgIpc) is 2.98. The second kappa shape index (κ2) is 7.57. The molecule has 7 nitrogen and oxygen atoms in total. The highest BCUT2D eigenvalue weighted by Crippen LogP contribution is 2.32. The van der Waals surface area contributed by atoms with Crippen LogP contribution in [0, 0.1) is 39.0 Å². The van der Waals surface area contributed by atoms with Crippen LogP contribution in [0.2, 0.25) is 0 Å². The summed E-state index contributed by atoms with van der Waals surface area (Å²) in [5.41, 5.74) is 2.46. The topological polar surface area (TPSA) is 105 Å². The van der Waals surface area contributed by atoms with E-state index < -0.39 is 17.2 Å². The quantitative estimate of drug-likeness (QED) is 0.666. The summed E-state index contributed by atoms with van der Waals surface area (Å²) in [5, 5.41) is 21.0. The van der Waals surface area contributed by atoms with Crippen LogP contribution >= 0.6 is 0 Å². The van der Waals surface area contributed by atoms with Gasteiger partial charge in [-0.05, 0) is 56.5 Å². The molecule has 1 N–H and O–H groups in total. The molecule has 0 saturated heterocycles. The molecule has 1 aromatic carbocycles. The molecule has 3 rings (SSSR count). The van der Waals surface area contributed by atoms with Crippen LogP contribution in [0.15, 0.2) is 21.3 Å². The van der Waals surface area contributed by atoms with E-state index in [1.165, 1.54) is 14.0 Å². The SMILES string of the molecule is COCCn1c(O)c(C(=O)c2oc3cc(C)c(C)cc3c2C)c(C)c(C#N)c1=O. The summed E-state index contributed by atoms with van der Waals surface area (Å²) >= 11 is 0. The number of ether oxygens (including phenoxy) is 1. The molecule has 0 atom stereocenters. The number of carbonyl (C=O) groups is 1. The largest absolute Gasteiger partial charge is 0.494 e. The summed E-state index contributed by atoms with van der Waals surface area (Å²) in [4.78, 5) is 25.9. The Hall–Kier alpha value is -3.37. The maximum atomic E-state index is 13.3. The molecule has 0 saturated carbocycles. The summed E-state index contributed by atoms with van der Waals surface area (Å²) in [6, 6.07) is 5.66. The van der Waals surface area contributed by atoms with Crippen LogP contribution in [0.25, 0.3) is 11.0 Å². The number of carbonyl (C=O) groups excluding carboxylic acids is 1. The molecular weight excluding hydrogens is 372 g/mol. The highest BCUT2D eigenvalue weighted by molar-refractivity contribution is 6.12. The third-order valence-electron chi connectivity index (χ3n) is 5.30. The number of fused-ring (bicyclic) bond motifs is 1. The Morgan fingerprint density at radius 1 is 1.21 bits per heavy atom. The van der Waals surface area contributed by atoms with Gasteiger partial charge in [-0.3, -0.25) is 14.2 Å². The number of ketones is 1. The second-order valence-electron chi connectivity index (χ2n) is 7.08. The van der Waals surface area contributed by atoms with Gasteiger partial charge in [-0.25, -0.2) is 0 Å². The molecule has 29 heavy (non-hydrogen) atoms. The zero-order valence-corrected chi connectivity index (χ0v) is 17.0. The lowest BCUT2D eigenvalue weighted by molar-refractivity contribution is 0.100. The minimum atomic E-state index is -0.663. The zero-order valence-electron chi connectivity index (χ0n) is 17.0. The number of aromatic nitrogens is 1. The fourth-order valence-electron chi connectivity index (χ4n) is 3.42. The predicted molar refractivity (Wildman–Crippen MR) is 108 cm³/mol. The Labute approximate surface area is 167 Å². The number of aryl methyl sites for hydroxylation is 3. The van der Waals surface area contributed by atoms with Crippen molar-refractivity contribution < 1.29 is 19.1 Å². The molecule has 0 aliphatic heterocycles. The Morgan fingerprint density at radius 3 is 2.48 bits per heavy atom. The first-order chi connectivity index (χ1) is 13.7. The molecule has 2 aromatic heterocycles. The van der Waals surface area contributed by atoms with E-state index in [4.69, 9.17) is 9.15 Å². The van der Waals surface area contributed by atoms with E-state index in [0.717, 1.165) is 21.1 Å². The Bertz CT molecular complexity index is 1240. The van der Waals surface area contributed by atoms with Gasteiger partial charge in [0.15, 0.2) is 5.76 Å². The van der Waals surface area contributed by atoms with Gasteiger partial charge in [0, 0.05) is 18.1 Å². The molecule has 7 heteroatoms. The van der Waals surface area contributed by atoms with E-state index in [9.17, 15) is 20.0 Å². The number of furan rings is 1. The first-order valence-electron chi connectivity index (χ1n) is 9.13. The molecule has 0 fully saturated rings. The lowest BCUT2D eigenvalue weighted by atomic mass is 9.98. The molecule has 150 valence electrons. The summed E-state index contributed by atoms with van der Waals surface area (Å²) in [7, 11) is 1.45. The van der Waals surface area contributed by atoms with Gasteiger partial charge in [-0.1, -0.05) is 0 Å². The van der Waals surface area contributed by atoms with Crippen molar-refractivity contribution in [2.45, 2.75) is 34.2 Å².